The SMILES string of the molecule is CCOC(=O)c1c(NC(=O)C(Sc2cccc(NC(=O)c3ccc(C(=O)O)cc3C(=O)O)c2)c2ccccc2)sc2c1CCCCC2. The van der Waals surface area contributed by atoms with Gasteiger partial charge in [0.05, 0.1) is 28.9 Å². The Balaban J connectivity index is 1.41. The molecule has 12 heteroatoms. The van der Waals surface area contributed by atoms with E-state index in [4.69, 9.17) is 4.74 Å². The van der Waals surface area contributed by atoms with E-state index in [1.807, 2.05) is 30.3 Å². The maximum atomic E-state index is 14.0. The van der Waals surface area contributed by atoms with E-state index in [2.05, 4.69) is 10.6 Å². The minimum Gasteiger partial charge on any atom is -0.478 e. The zero-order valence-electron chi connectivity index (χ0n) is 25.4. The highest BCUT2D eigenvalue weighted by atomic mass is 32.2. The van der Waals surface area contributed by atoms with E-state index in [1.165, 1.54) is 23.1 Å². The first-order chi connectivity index (χ1) is 22.7. The second-order valence-electron chi connectivity index (χ2n) is 10.7. The third kappa shape index (κ3) is 7.90. The summed E-state index contributed by atoms with van der Waals surface area (Å²) in [4.78, 5) is 65.0. The molecule has 5 rings (SSSR count). The van der Waals surface area contributed by atoms with Crippen molar-refractivity contribution < 1.29 is 38.9 Å². The van der Waals surface area contributed by atoms with Gasteiger partial charge in [0, 0.05) is 15.5 Å². The molecule has 1 atom stereocenters. The fourth-order valence-electron chi connectivity index (χ4n) is 5.36. The molecule has 1 aliphatic rings. The fraction of sp³-hybridized carbons (Fsp3) is 0.229. The summed E-state index contributed by atoms with van der Waals surface area (Å²) >= 11 is 2.67. The first-order valence-electron chi connectivity index (χ1n) is 15.0. The number of carbonyl (C=O) groups is 5. The van der Waals surface area contributed by atoms with Crippen LogP contribution in [0.5, 0.6) is 0 Å². The van der Waals surface area contributed by atoms with Crippen molar-refractivity contribution in [1.82, 2.24) is 0 Å². The first-order valence-corrected chi connectivity index (χ1v) is 16.7. The number of carboxylic acid groups (broad SMARTS) is 2. The van der Waals surface area contributed by atoms with Gasteiger partial charge in [-0.2, -0.15) is 0 Å². The summed E-state index contributed by atoms with van der Waals surface area (Å²) in [5, 5.41) is 24.3. The normalized spacial score (nSPS) is 13.0. The molecule has 10 nitrogen and oxygen atoms in total. The number of benzene rings is 3. The Morgan fingerprint density at radius 2 is 1.62 bits per heavy atom. The largest absolute Gasteiger partial charge is 0.478 e. The van der Waals surface area contributed by atoms with E-state index in [0.29, 0.717) is 21.1 Å². The van der Waals surface area contributed by atoms with Crippen molar-refractivity contribution in [2.75, 3.05) is 17.2 Å². The Kier molecular flexibility index (Phi) is 10.7. The van der Waals surface area contributed by atoms with E-state index in [1.54, 1.807) is 31.2 Å². The van der Waals surface area contributed by atoms with Crippen molar-refractivity contribution in [3.8, 4) is 0 Å². The van der Waals surface area contributed by atoms with E-state index in [0.717, 1.165) is 66.3 Å². The summed E-state index contributed by atoms with van der Waals surface area (Å²) in [6.45, 7) is 1.97. The molecule has 0 saturated heterocycles. The number of fused-ring (bicyclic) bond motifs is 1. The lowest BCUT2D eigenvalue weighted by atomic mass is 10.0. The van der Waals surface area contributed by atoms with Gasteiger partial charge >= 0.3 is 17.9 Å². The summed E-state index contributed by atoms with van der Waals surface area (Å²) in [7, 11) is 0. The number of aromatic carboxylic acids is 2. The van der Waals surface area contributed by atoms with Crippen LogP contribution in [0, 0.1) is 0 Å². The summed E-state index contributed by atoms with van der Waals surface area (Å²) in [6, 6.07) is 19.2. The molecule has 0 bridgehead atoms. The Morgan fingerprint density at radius 3 is 2.34 bits per heavy atom. The molecule has 0 spiro atoms. The lowest BCUT2D eigenvalue weighted by Gasteiger charge is -2.18. The van der Waals surface area contributed by atoms with Crippen LogP contribution in [0.1, 0.15) is 88.9 Å². The number of rotatable bonds is 11. The van der Waals surface area contributed by atoms with Crippen LogP contribution in [0.4, 0.5) is 10.7 Å². The van der Waals surface area contributed by atoms with Crippen molar-refractivity contribution in [2.45, 2.75) is 49.2 Å². The number of carboxylic acids is 2. The summed E-state index contributed by atoms with van der Waals surface area (Å²) in [5.74, 6) is -4.26. The minimum absolute atomic E-state index is 0.200. The molecule has 1 aromatic heterocycles. The van der Waals surface area contributed by atoms with E-state index < -0.39 is 34.6 Å². The van der Waals surface area contributed by atoms with Crippen molar-refractivity contribution in [2.24, 2.45) is 0 Å². The van der Waals surface area contributed by atoms with Crippen LogP contribution in [-0.4, -0.2) is 46.5 Å². The highest BCUT2D eigenvalue weighted by Crippen LogP contribution is 2.41. The molecule has 4 N–H and O–H groups in total. The number of hydrogen-bond acceptors (Lipinski definition) is 8. The number of esters is 1. The maximum absolute atomic E-state index is 14.0. The van der Waals surface area contributed by atoms with E-state index in [9.17, 15) is 34.2 Å². The van der Waals surface area contributed by atoms with Gasteiger partial charge in [0.2, 0.25) is 5.91 Å². The van der Waals surface area contributed by atoms with Crippen LogP contribution < -0.4 is 10.6 Å². The van der Waals surface area contributed by atoms with Gasteiger partial charge in [-0.1, -0.05) is 42.8 Å². The molecule has 0 aliphatic heterocycles. The molecule has 1 heterocycles. The summed E-state index contributed by atoms with van der Waals surface area (Å²) < 4.78 is 5.39. The Labute approximate surface area is 279 Å². The Bertz CT molecular complexity index is 1840. The Morgan fingerprint density at radius 1 is 0.851 bits per heavy atom. The van der Waals surface area contributed by atoms with Crippen LogP contribution in [0.3, 0.4) is 0 Å². The van der Waals surface area contributed by atoms with Crippen molar-refractivity contribution in [1.29, 1.82) is 0 Å². The molecule has 0 fully saturated rings. The monoisotopic (exact) mass is 672 g/mol. The van der Waals surface area contributed by atoms with E-state index >= 15 is 0 Å². The number of amides is 2. The quantitative estimate of drug-likeness (QED) is 0.0728. The average molecular weight is 673 g/mol. The third-order valence-electron chi connectivity index (χ3n) is 7.57. The van der Waals surface area contributed by atoms with Gasteiger partial charge in [0.15, 0.2) is 0 Å². The van der Waals surface area contributed by atoms with Crippen molar-refractivity contribution >= 4 is 63.5 Å². The standard InChI is InChI=1S/C35H32N2O8S2/c1-2-45-35(44)28-25-14-7-4-8-15-27(25)47-32(28)37-31(39)29(20-10-5-3-6-11-20)46-23-13-9-12-22(19-23)36-30(38)24-17-16-21(33(40)41)18-26(24)34(42)43/h3,5-6,9-13,16-19,29H,2,4,7-8,14-15H2,1H3,(H,36,38)(H,37,39)(H,40,41)(H,42,43). The number of hydrogen-bond donors (Lipinski definition) is 4. The van der Waals surface area contributed by atoms with E-state index in [-0.39, 0.29) is 23.6 Å². The molecular formula is C35H32N2O8S2. The molecule has 242 valence electrons. The van der Waals surface area contributed by atoms with Gasteiger partial charge in [-0.25, -0.2) is 14.4 Å². The molecule has 0 radical (unpaired) electrons. The molecule has 3 aromatic carbocycles. The molecule has 47 heavy (non-hydrogen) atoms. The lowest BCUT2D eigenvalue weighted by molar-refractivity contribution is -0.115. The Hall–Kier alpha value is -4.94. The topological polar surface area (TPSA) is 159 Å². The highest BCUT2D eigenvalue weighted by Gasteiger charge is 2.30. The van der Waals surface area contributed by atoms with Gasteiger partial charge in [-0.15, -0.1) is 23.1 Å². The zero-order valence-corrected chi connectivity index (χ0v) is 27.0. The minimum atomic E-state index is -1.44. The van der Waals surface area contributed by atoms with Gasteiger partial charge in [0.25, 0.3) is 5.91 Å². The zero-order chi connectivity index (χ0) is 33.5. The smallest absolute Gasteiger partial charge is 0.341 e. The average Bonchev–Trinajstić information content (AvgIpc) is 3.23. The van der Waals surface area contributed by atoms with Gasteiger partial charge in [0.1, 0.15) is 10.3 Å². The molecular weight excluding hydrogens is 641 g/mol. The van der Waals surface area contributed by atoms with Crippen LogP contribution in [0.2, 0.25) is 0 Å². The third-order valence-corrected chi connectivity index (χ3v) is 10.0. The molecule has 2 amide bonds. The van der Waals surface area contributed by atoms with Crippen LogP contribution >= 0.6 is 23.1 Å². The molecule has 4 aromatic rings. The fourth-order valence-corrected chi connectivity index (χ4v) is 7.73. The second-order valence-corrected chi connectivity index (χ2v) is 13.0. The maximum Gasteiger partial charge on any atom is 0.341 e. The van der Waals surface area contributed by atoms with Gasteiger partial charge < -0.3 is 25.6 Å². The van der Waals surface area contributed by atoms with Gasteiger partial charge in [-0.3, -0.25) is 9.59 Å². The predicted molar refractivity (Wildman–Crippen MR) is 180 cm³/mol. The van der Waals surface area contributed by atoms with Crippen LogP contribution in [0.15, 0.2) is 77.7 Å². The first kappa shape index (κ1) is 33.4. The van der Waals surface area contributed by atoms with Gasteiger partial charge in [-0.05, 0) is 80.1 Å². The number of carbonyl (C=O) groups excluding carboxylic acids is 3. The molecule has 0 saturated carbocycles. The van der Waals surface area contributed by atoms with Crippen LogP contribution in [-0.2, 0) is 22.4 Å². The number of anilines is 2. The lowest BCUT2D eigenvalue weighted by Crippen LogP contribution is -2.20. The summed E-state index contributed by atoms with van der Waals surface area (Å²) in [6.07, 6.45) is 4.65. The molecule has 1 aliphatic carbocycles. The van der Waals surface area contributed by atoms with Crippen LogP contribution in [0.25, 0.3) is 0 Å². The van der Waals surface area contributed by atoms with Crippen molar-refractivity contribution in [3.63, 3.8) is 0 Å². The highest BCUT2D eigenvalue weighted by molar-refractivity contribution is 8.00. The molecule has 1 unspecified atom stereocenters. The number of ether oxygens (including phenoxy) is 1. The van der Waals surface area contributed by atoms with Crippen molar-refractivity contribution in [3.05, 3.63) is 111 Å². The second kappa shape index (κ2) is 15.1. The number of thiophene rings is 1. The summed E-state index contributed by atoms with van der Waals surface area (Å²) in [5.41, 5.74) is 1.56. The predicted octanol–water partition coefficient (Wildman–Crippen LogP) is 7.31. The number of aryl methyl sites for hydroxylation is 1. The number of thioether (sulfide) groups is 1. The number of nitrogens with one attached hydrogen (secondary N) is 2.